The number of rotatable bonds is 3. The van der Waals surface area contributed by atoms with E-state index in [1.807, 2.05) is 19.1 Å². The summed E-state index contributed by atoms with van der Waals surface area (Å²) in [6.45, 7) is 5.11. The second-order valence-corrected chi connectivity index (χ2v) is 4.95. The Balaban J connectivity index is 2.10. The molecule has 1 aromatic carbocycles. The molecule has 1 amide bonds. The zero-order chi connectivity index (χ0) is 13.0. The molecule has 2 N–H and O–H groups in total. The normalized spacial score (nSPS) is 19.6. The molecule has 3 heteroatoms. The summed E-state index contributed by atoms with van der Waals surface area (Å²) in [5.74, 6) is 0.110. The van der Waals surface area contributed by atoms with Gasteiger partial charge in [0.15, 0.2) is 0 Å². The van der Waals surface area contributed by atoms with Gasteiger partial charge in [-0.25, -0.2) is 0 Å². The molecule has 1 aliphatic rings. The van der Waals surface area contributed by atoms with Gasteiger partial charge in [-0.3, -0.25) is 4.79 Å². The minimum Gasteiger partial charge on any atom is -0.324 e. The van der Waals surface area contributed by atoms with Crippen molar-refractivity contribution in [2.45, 2.75) is 45.6 Å². The van der Waals surface area contributed by atoms with Gasteiger partial charge in [0.2, 0.25) is 5.91 Å². The SMILES string of the molecule is CCc1cccc(C)c1NC(=O)C1CCCCN1. The van der Waals surface area contributed by atoms with Crippen LogP contribution in [0.2, 0.25) is 0 Å². The zero-order valence-corrected chi connectivity index (χ0v) is 11.3. The molecule has 0 aliphatic carbocycles. The maximum absolute atomic E-state index is 12.2. The molecule has 98 valence electrons. The van der Waals surface area contributed by atoms with Crippen LogP contribution in [0.5, 0.6) is 0 Å². The van der Waals surface area contributed by atoms with Crippen molar-refractivity contribution in [2.24, 2.45) is 0 Å². The molecule has 2 rings (SSSR count). The summed E-state index contributed by atoms with van der Waals surface area (Å²) in [6.07, 6.45) is 4.20. The standard InChI is InChI=1S/C15H22N2O/c1-3-12-8-6-7-11(2)14(12)17-15(18)13-9-4-5-10-16-13/h6-8,13,16H,3-5,9-10H2,1-2H3,(H,17,18). The summed E-state index contributed by atoms with van der Waals surface area (Å²) >= 11 is 0. The lowest BCUT2D eigenvalue weighted by Crippen LogP contribution is -2.43. The molecule has 1 saturated heterocycles. The summed E-state index contributed by atoms with van der Waals surface area (Å²) in [7, 11) is 0. The second-order valence-electron chi connectivity index (χ2n) is 4.95. The molecule has 0 saturated carbocycles. The number of piperidine rings is 1. The first-order chi connectivity index (χ1) is 8.72. The molecule has 0 spiro atoms. The van der Waals surface area contributed by atoms with E-state index in [1.165, 1.54) is 12.0 Å². The maximum atomic E-state index is 12.2. The van der Waals surface area contributed by atoms with Gasteiger partial charge in [0.1, 0.15) is 0 Å². The predicted octanol–water partition coefficient (Wildman–Crippen LogP) is 2.64. The number of benzene rings is 1. The van der Waals surface area contributed by atoms with Crippen LogP contribution in [0, 0.1) is 6.92 Å². The number of nitrogens with one attached hydrogen (secondary N) is 2. The predicted molar refractivity (Wildman–Crippen MR) is 74.8 cm³/mol. The fourth-order valence-corrected chi connectivity index (χ4v) is 2.49. The number of para-hydroxylation sites is 1. The fraction of sp³-hybridized carbons (Fsp3) is 0.533. The first kappa shape index (κ1) is 13.1. The number of hydrogen-bond acceptors (Lipinski definition) is 2. The molecule has 0 bridgehead atoms. The van der Waals surface area contributed by atoms with E-state index in [4.69, 9.17) is 0 Å². The second kappa shape index (κ2) is 6.01. The van der Waals surface area contributed by atoms with Gasteiger partial charge in [-0.15, -0.1) is 0 Å². The van der Waals surface area contributed by atoms with Crippen LogP contribution in [-0.4, -0.2) is 18.5 Å². The Hall–Kier alpha value is -1.35. The van der Waals surface area contributed by atoms with Gasteiger partial charge in [-0.1, -0.05) is 31.5 Å². The summed E-state index contributed by atoms with van der Waals surface area (Å²) in [6, 6.07) is 6.14. The summed E-state index contributed by atoms with van der Waals surface area (Å²) < 4.78 is 0. The molecule has 1 fully saturated rings. The minimum absolute atomic E-state index is 0.0249. The highest BCUT2D eigenvalue weighted by Gasteiger charge is 2.21. The van der Waals surface area contributed by atoms with Crippen molar-refractivity contribution in [3.8, 4) is 0 Å². The zero-order valence-electron chi connectivity index (χ0n) is 11.3. The molecule has 1 heterocycles. The Morgan fingerprint density at radius 3 is 2.94 bits per heavy atom. The molecule has 1 unspecified atom stereocenters. The van der Waals surface area contributed by atoms with Crippen LogP contribution < -0.4 is 10.6 Å². The lowest BCUT2D eigenvalue weighted by molar-refractivity contribution is -0.118. The highest BCUT2D eigenvalue weighted by molar-refractivity contribution is 5.96. The molecular weight excluding hydrogens is 224 g/mol. The van der Waals surface area contributed by atoms with Gasteiger partial charge in [0.05, 0.1) is 6.04 Å². The highest BCUT2D eigenvalue weighted by Crippen LogP contribution is 2.21. The Labute approximate surface area is 109 Å². The third-order valence-electron chi connectivity index (χ3n) is 3.61. The van der Waals surface area contributed by atoms with Crippen LogP contribution in [0.1, 0.15) is 37.3 Å². The van der Waals surface area contributed by atoms with Gasteiger partial charge in [-0.05, 0) is 43.9 Å². The molecule has 18 heavy (non-hydrogen) atoms. The van der Waals surface area contributed by atoms with E-state index in [0.717, 1.165) is 37.1 Å². The van der Waals surface area contributed by atoms with E-state index in [0.29, 0.717) is 0 Å². The van der Waals surface area contributed by atoms with E-state index in [2.05, 4.69) is 23.6 Å². The van der Waals surface area contributed by atoms with Crippen LogP contribution in [0.4, 0.5) is 5.69 Å². The topological polar surface area (TPSA) is 41.1 Å². The van der Waals surface area contributed by atoms with E-state index in [1.54, 1.807) is 0 Å². The molecule has 0 radical (unpaired) electrons. The van der Waals surface area contributed by atoms with Crippen LogP contribution in [0.3, 0.4) is 0 Å². The lowest BCUT2D eigenvalue weighted by atomic mass is 10.0. The Morgan fingerprint density at radius 2 is 2.28 bits per heavy atom. The van der Waals surface area contributed by atoms with Crippen LogP contribution >= 0.6 is 0 Å². The number of aryl methyl sites for hydroxylation is 2. The number of anilines is 1. The van der Waals surface area contributed by atoms with Crippen LogP contribution in [0.25, 0.3) is 0 Å². The third-order valence-corrected chi connectivity index (χ3v) is 3.61. The van der Waals surface area contributed by atoms with Crippen LogP contribution in [-0.2, 0) is 11.2 Å². The summed E-state index contributed by atoms with van der Waals surface area (Å²) in [5.41, 5.74) is 3.34. The summed E-state index contributed by atoms with van der Waals surface area (Å²) in [5, 5.41) is 6.38. The Kier molecular flexibility index (Phi) is 4.37. The van der Waals surface area contributed by atoms with Crippen molar-refractivity contribution in [1.29, 1.82) is 0 Å². The molecule has 1 aliphatic heterocycles. The van der Waals surface area contributed by atoms with Crippen molar-refractivity contribution in [3.63, 3.8) is 0 Å². The Morgan fingerprint density at radius 1 is 1.44 bits per heavy atom. The lowest BCUT2D eigenvalue weighted by Gasteiger charge is -2.23. The fourth-order valence-electron chi connectivity index (χ4n) is 2.49. The first-order valence-electron chi connectivity index (χ1n) is 6.85. The number of carbonyl (C=O) groups is 1. The highest BCUT2D eigenvalue weighted by atomic mass is 16.2. The smallest absolute Gasteiger partial charge is 0.241 e. The largest absolute Gasteiger partial charge is 0.324 e. The number of carbonyl (C=O) groups excluding carboxylic acids is 1. The average molecular weight is 246 g/mol. The van der Waals surface area contributed by atoms with Gasteiger partial charge in [0.25, 0.3) is 0 Å². The van der Waals surface area contributed by atoms with Crippen molar-refractivity contribution in [2.75, 3.05) is 11.9 Å². The van der Waals surface area contributed by atoms with Crippen LogP contribution in [0.15, 0.2) is 18.2 Å². The van der Waals surface area contributed by atoms with Gasteiger partial charge >= 0.3 is 0 Å². The Bertz CT molecular complexity index is 423. The van der Waals surface area contributed by atoms with E-state index in [-0.39, 0.29) is 11.9 Å². The van der Waals surface area contributed by atoms with Gasteiger partial charge in [0, 0.05) is 5.69 Å². The summed E-state index contributed by atoms with van der Waals surface area (Å²) in [4.78, 5) is 12.2. The monoisotopic (exact) mass is 246 g/mol. The van der Waals surface area contributed by atoms with Crippen molar-refractivity contribution >= 4 is 11.6 Å². The molecule has 1 aromatic rings. The first-order valence-corrected chi connectivity index (χ1v) is 6.85. The van der Waals surface area contributed by atoms with E-state index < -0.39 is 0 Å². The van der Waals surface area contributed by atoms with Crippen molar-refractivity contribution in [1.82, 2.24) is 5.32 Å². The van der Waals surface area contributed by atoms with Crippen molar-refractivity contribution < 1.29 is 4.79 Å². The van der Waals surface area contributed by atoms with E-state index >= 15 is 0 Å². The molecular formula is C15H22N2O. The molecule has 0 aromatic heterocycles. The molecule has 3 nitrogen and oxygen atoms in total. The third kappa shape index (κ3) is 2.91. The van der Waals surface area contributed by atoms with Gasteiger partial charge in [-0.2, -0.15) is 0 Å². The molecule has 1 atom stereocenters. The van der Waals surface area contributed by atoms with Gasteiger partial charge < -0.3 is 10.6 Å². The maximum Gasteiger partial charge on any atom is 0.241 e. The number of amides is 1. The van der Waals surface area contributed by atoms with E-state index in [9.17, 15) is 4.79 Å². The quantitative estimate of drug-likeness (QED) is 0.861. The average Bonchev–Trinajstić information content (AvgIpc) is 2.42. The van der Waals surface area contributed by atoms with Crippen molar-refractivity contribution in [3.05, 3.63) is 29.3 Å². The minimum atomic E-state index is -0.0249. The number of hydrogen-bond donors (Lipinski definition) is 2.